The lowest BCUT2D eigenvalue weighted by molar-refractivity contribution is 0.00355. The van der Waals surface area contributed by atoms with Crippen LogP contribution in [0.4, 0.5) is 0 Å². The van der Waals surface area contributed by atoms with Gasteiger partial charge in [0.15, 0.2) is 0 Å². The normalized spacial score (nSPS) is 14.7. The molecule has 0 fully saturated rings. The van der Waals surface area contributed by atoms with Gasteiger partial charge in [0.05, 0.1) is 12.1 Å². The highest BCUT2D eigenvalue weighted by molar-refractivity contribution is 5.29. The summed E-state index contributed by atoms with van der Waals surface area (Å²) in [6.45, 7) is 11.3. The molecule has 0 aromatic heterocycles. The summed E-state index contributed by atoms with van der Waals surface area (Å²) < 4.78 is 5.85. The van der Waals surface area contributed by atoms with Crippen LogP contribution < -0.4 is 11.3 Å². The van der Waals surface area contributed by atoms with Crippen LogP contribution >= 0.6 is 0 Å². The summed E-state index contributed by atoms with van der Waals surface area (Å²) in [7, 11) is 0. The molecule has 19 heavy (non-hydrogen) atoms. The van der Waals surface area contributed by atoms with Gasteiger partial charge in [-0.15, -0.1) is 0 Å². The van der Waals surface area contributed by atoms with E-state index in [2.05, 4.69) is 51.3 Å². The highest BCUT2D eigenvalue weighted by Crippen LogP contribution is 2.17. The van der Waals surface area contributed by atoms with Crippen molar-refractivity contribution >= 4 is 0 Å². The maximum atomic E-state index is 5.85. The number of hydrogen-bond acceptors (Lipinski definition) is 3. The molecule has 0 amide bonds. The molecule has 3 N–H and O–H groups in total. The van der Waals surface area contributed by atoms with E-state index in [9.17, 15) is 0 Å². The molecule has 0 saturated heterocycles. The van der Waals surface area contributed by atoms with Crippen molar-refractivity contribution in [2.24, 2.45) is 11.8 Å². The third-order valence-electron chi connectivity index (χ3n) is 3.36. The standard InChI is InChI=1S/C16H28N2O/c1-6-19-16(11(2)3)15(18-17)10-14-8-12(4)7-13(5)9-14/h7-9,11,15-16,18H,6,10,17H2,1-5H3. The third-order valence-corrected chi connectivity index (χ3v) is 3.36. The van der Waals surface area contributed by atoms with E-state index in [1.165, 1.54) is 16.7 Å². The van der Waals surface area contributed by atoms with Crippen molar-refractivity contribution < 1.29 is 4.74 Å². The maximum absolute atomic E-state index is 5.85. The van der Waals surface area contributed by atoms with Crippen molar-refractivity contribution in [2.45, 2.75) is 53.2 Å². The first-order valence-electron chi connectivity index (χ1n) is 7.12. The average molecular weight is 264 g/mol. The Balaban J connectivity index is 2.84. The zero-order valence-corrected chi connectivity index (χ0v) is 12.9. The van der Waals surface area contributed by atoms with E-state index in [1.807, 2.05) is 6.92 Å². The van der Waals surface area contributed by atoms with E-state index < -0.39 is 0 Å². The molecule has 0 aliphatic heterocycles. The summed E-state index contributed by atoms with van der Waals surface area (Å²) in [5, 5.41) is 0. The summed E-state index contributed by atoms with van der Waals surface area (Å²) in [4.78, 5) is 0. The Morgan fingerprint density at radius 2 is 1.74 bits per heavy atom. The molecular weight excluding hydrogens is 236 g/mol. The van der Waals surface area contributed by atoms with Crippen LogP contribution in [0.1, 0.15) is 37.5 Å². The minimum absolute atomic E-state index is 0.135. The highest BCUT2D eigenvalue weighted by Gasteiger charge is 2.24. The lowest BCUT2D eigenvalue weighted by Gasteiger charge is -2.29. The van der Waals surface area contributed by atoms with E-state index in [4.69, 9.17) is 10.6 Å². The van der Waals surface area contributed by atoms with Gasteiger partial charge in [0, 0.05) is 6.61 Å². The number of nitrogens with one attached hydrogen (secondary N) is 1. The fourth-order valence-electron chi connectivity index (χ4n) is 2.68. The van der Waals surface area contributed by atoms with E-state index in [0.717, 1.165) is 6.42 Å². The number of hydrogen-bond donors (Lipinski definition) is 2. The monoisotopic (exact) mass is 264 g/mol. The van der Waals surface area contributed by atoms with Gasteiger partial charge in [0.2, 0.25) is 0 Å². The highest BCUT2D eigenvalue weighted by atomic mass is 16.5. The molecule has 2 atom stereocenters. The quantitative estimate of drug-likeness (QED) is 0.588. The van der Waals surface area contributed by atoms with Gasteiger partial charge in [-0.1, -0.05) is 43.2 Å². The number of rotatable bonds is 7. The van der Waals surface area contributed by atoms with Crippen LogP contribution in [0.3, 0.4) is 0 Å². The first-order chi connectivity index (χ1) is 8.97. The van der Waals surface area contributed by atoms with Gasteiger partial charge in [-0.25, -0.2) is 0 Å². The fourth-order valence-corrected chi connectivity index (χ4v) is 2.68. The Hall–Kier alpha value is -0.900. The molecule has 0 radical (unpaired) electrons. The Morgan fingerprint density at radius 3 is 2.16 bits per heavy atom. The smallest absolute Gasteiger partial charge is 0.0767 e. The van der Waals surface area contributed by atoms with Gasteiger partial charge < -0.3 is 4.74 Å². The van der Waals surface area contributed by atoms with Gasteiger partial charge in [-0.3, -0.25) is 11.3 Å². The lowest BCUT2D eigenvalue weighted by Crippen LogP contribution is -2.48. The van der Waals surface area contributed by atoms with Gasteiger partial charge >= 0.3 is 0 Å². The maximum Gasteiger partial charge on any atom is 0.0767 e. The second-order valence-electron chi connectivity index (χ2n) is 5.64. The van der Waals surface area contributed by atoms with E-state index >= 15 is 0 Å². The van der Waals surface area contributed by atoms with Crippen LogP contribution in [0, 0.1) is 19.8 Å². The molecule has 3 heteroatoms. The van der Waals surface area contributed by atoms with Crippen molar-refractivity contribution in [3.05, 3.63) is 34.9 Å². The minimum Gasteiger partial charge on any atom is -0.377 e. The minimum atomic E-state index is 0.135. The molecule has 0 aliphatic carbocycles. The largest absolute Gasteiger partial charge is 0.377 e. The molecule has 1 rings (SSSR count). The summed E-state index contributed by atoms with van der Waals surface area (Å²) >= 11 is 0. The zero-order valence-electron chi connectivity index (χ0n) is 12.9. The topological polar surface area (TPSA) is 47.3 Å². The number of benzene rings is 1. The van der Waals surface area contributed by atoms with Crippen LogP contribution in [0.15, 0.2) is 18.2 Å². The van der Waals surface area contributed by atoms with Crippen LogP contribution in [0.5, 0.6) is 0 Å². The van der Waals surface area contributed by atoms with Crippen LogP contribution in [0.25, 0.3) is 0 Å². The number of aryl methyl sites for hydroxylation is 2. The van der Waals surface area contributed by atoms with Crippen LogP contribution in [-0.2, 0) is 11.2 Å². The average Bonchev–Trinajstić information content (AvgIpc) is 2.32. The fraction of sp³-hybridized carbons (Fsp3) is 0.625. The molecule has 108 valence electrons. The summed E-state index contributed by atoms with van der Waals surface area (Å²) in [6.07, 6.45) is 1.03. The molecule has 1 aromatic carbocycles. The first kappa shape index (κ1) is 16.2. The van der Waals surface area contributed by atoms with Gasteiger partial charge in [0.1, 0.15) is 0 Å². The Labute approximate surface area is 117 Å². The summed E-state index contributed by atoms with van der Waals surface area (Å²) in [6, 6.07) is 6.78. The predicted octanol–water partition coefficient (Wildman–Crippen LogP) is 2.74. The van der Waals surface area contributed by atoms with Gasteiger partial charge in [0.25, 0.3) is 0 Å². The Kier molecular flexibility index (Phi) is 6.49. The zero-order chi connectivity index (χ0) is 14.4. The second-order valence-corrected chi connectivity index (χ2v) is 5.64. The van der Waals surface area contributed by atoms with Crippen LogP contribution in [0.2, 0.25) is 0 Å². The molecule has 1 aromatic rings. The number of ether oxygens (including phenoxy) is 1. The van der Waals surface area contributed by atoms with Crippen molar-refractivity contribution in [1.29, 1.82) is 0 Å². The van der Waals surface area contributed by atoms with E-state index in [-0.39, 0.29) is 12.1 Å². The molecule has 0 aliphatic rings. The second kappa shape index (κ2) is 7.63. The molecule has 3 nitrogen and oxygen atoms in total. The predicted molar refractivity (Wildman–Crippen MR) is 81.0 cm³/mol. The summed E-state index contributed by atoms with van der Waals surface area (Å²) in [5.74, 6) is 6.17. The van der Waals surface area contributed by atoms with Crippen LogP contribution in [-0.4, -0.2) is 18.8 Å². The molecule has 2 unspecified atom stereocenters. The lowest BCUT2D eigenvalue weighted by atomic mass is 9.93. The molecule has 0 spiro atoms. The van der Waals surface area contributed by atoms with Gasteiger partial charge in [-0.05, 0) is 38.7 Å². The van der Waals surface area contributed by atoms with Crippen molar-refractivity contribution in [3.8, 4) is 0 Å². The number of nitrogens with two attached hydrogens (primary N) is 1. The Bertz CT molecular complexity index is 370. The van der Waals surface area contributed by atoms with Gasteiger partial charge in [-0.2, -0.15) is 0 Å². The molecule has 0 heterocycles. The Morgan fingerprint density at radius 1 is 1.16 bits per heavy atom. The SMILES string of the molecule is CCOC(C(C)C)C(Cc1cc(C)cc(C)c1)NN. The molecule has 0 saturated carbocycles. The molecule has 0 bridgehead atoms. The van der Waals surface area contributed by atoms with E-state index in [0.29, 0.717) is 12.5 Å². The van der Waals surface area contributed by atoms with Crippen molar-refractivity contribution in [2.75, 3.05) is 6.61 Å². The molecular formula is C16H28N2O. The van der Waals surface area contributed by atoms with Crippen molar-refractivity contribution in [1.82, 2.24) is 5.43 Å². The third kappa shape index (κ3) is 4.94. The summed E-state index contributed by atoms with van der Waals surface area (Å²) in [5.41, 5.74) is 6.83. The van der Waals surface area contributed by atoms with Crippen molar-refractivity contribution in [3.63, 3.8) is 0 Å². The first-order valence-corrected chi connectivity index (χ1v) is 7.12. The van der Waals surface area contributed by atoms with E-state index in [1.54, 1.807) is 0 Å². The number of hydrazine groups is 1.